The van der Waals surface area contributed by atoms with Gasteiger partial charge in [0.05, 0.1) is 6.61 Å². The minimum Gasteiger partial charge on any atom is -0.377 e. The van der Waals surface area contributed by atoms with Crippen LogP contribution in [0.25, 0.3) is 10.8 Å². The Morgan fingerprint density at radius 2 is 1.63 bits per heavy atom. The topological polar surface area (TPSA) is 35.2 Å². The third kappa shape index (κ3) is 4.66. The van der Waals surface area contributed by atoms with Gasteiger partial charge in [0.15, 0.2) is 0 Å². The van der Waals surface area contributed by atoms with Crippen LogP contribution < -0.4 is 5.73 Å². The van der Waals surface area contributed by atoms with Crippen LogP contribution in [-0.4, -0.2) is 13.2 Å². The lowest BCUT2D eigenvalue weighted by Crippen LogP contribution is -1.99. The van der Waals surface area contributed by atoms with Crippen LogP contribution >= 0.6 is 0 Å². The van der Waals surface area contributed by atoms with Gasteiger partial charge in [0, 0.05) is 6.61 Å². The Labute approximate surface area is 115 Å². The van der Waals surface area contributed by atoms with Crippen molar-refractivity contribution in [3.63, 3.8) is 0 Å². The third-order valence-electron chi connectivity index (χ3n) is 3.33. The van der Waals surface area contributed by atoms with Crippen LogP contribution in [0.1, 0.15) is 31.2 Å². The molecule has 0 aliphatic carbocycles. The molecule has 102 valence electrons. The average molecular weight is 257 g/mol. The molecule has 0 heterocycles. The zero-order valence-corrected chi connectivity index (χ0v) is 11.5. The van der Waals surface area contributed by atoms with Gasteiger partial charge in [-0.1, -0.05) is 49.2 Å². The number of hydrogen-bond acceptors (Lipinski definition) is 2. The van der Waals surface area contributed by atoms with Gasteiger partial charge in [0.25, 0.3) is 0 Å². The van der Waals surface area contributed by atoms with Gasteiger partial charge >= 0.3 is 0 Å². The molecule has 2 N–H and O–H groups in total. The quantitative estimate of drug-likeness (QED) is 0.728. The predicted molar refractivity (Wildman–Crippen MR) is 81.1 cm³/mol. The van der Waals surface area contributed by atoms with Gasteiger partial charge in [0.2, 0.25) is 0 Å². The summed E-state index contributed by atoms with van der Waals surface area (Å²) in [5.74, 6) is 0. The fourth-order valence-corrected chi connectivity index (χ4v) is 2.22. The molecular weight excluding hydrogens is 234 g/mol. The highest BCUT2D eigenvalue weighted by Crippen LogP contribution is 2.16. The van der Waals surface area contributed by atoms with Crippen LogP contribution in [-0.2, 0) is 11.3 Å². The van der Waals surface area contributed by atoms with Gasteiger partial charge in [-0.3, -0.25) is 0 Å². The molecule has 2 heteroatoms. The Morgan fingerprint density at radius 3 is 2.47 bits per heavy atom. The molecule has 0 radical (unpaired) electrons. The standard InChI is InChI=1S/C17H23NO/c18-11-5-1-2-6-12-19-14-15-9-10-16-7-3-4-8-17(16)13-15/h3-4,7-10,13H,1-2,5-6,11-12,14,18H2. The van der Waals surface area contributed by atoms with Gasteiger partial charge in [0.1, 0.15) is 0 Å². The second-order valence-electron chi connectivity index (χ2n) is 4.94. The molecule has 0 fully saturated rings. The minimum atomic E-state index is 0.710. The number of rotatable bonds is 8. The molecule has 0 saturated carbocycles. The van der Waals surface area contributed by atoms with Gasteiger partial charge in [-0.15, -0.1) is 0 Å². The van der Waals surface area contributed by atoms with Crippen molar-refractivity contribution in [1.29, 1.82) is 0 Å². The lowest BCUT2D eigenvalue weighted by Gasteiger charge is -2.06. The van der Waals surface area contributed by atoms with Gasteiger partial charge in [-0.2, -0.15) is 0 Å². The highest BCUT2D eigenvalue weighted by molar-refractivity contribution is 5.82. The summed E-state index contributed by atoms with van der Waals surface area (Å²) in [4.78, 5) is 0. The first kappa shape index (κ1) is 14.0. The van der Waals surface area contributed by atoms with Crippen LogP contribution in [0.5, 0.6) is 0 Å². The van der Waals surface area contributed by atoms with Crippen molar-refractivity contribution in [3.05, 3.63) is 48.0 Å². The van der Waals surface area contributed by atoms with E-state index in [1.807, 2.05) is 0 Å². The summed E-state index contributed by atoms with van der Waals surface area (Å²) < 4.78 is 5.72. The number of fused-ring (bicyclic) bond motifs is 1. The van der Waals surface area contributed by atoms with Crippen molar-refractivity contribution in [2.24, 2.45) is 5.73 Å². The molecule has 0 aliphatic rings. The molecule has 2 nitrogen and oxygen atoms in total. The molecule has 2 aromatic rings. The summed E-state index contributed by atoms with van der Waals surface area (Å²) in [6, 6.07) is 14.9. The molecule has 19 heavy (non-hydrogen) atoms. The second kappa shape index (κ2) is 7.93. The molecule has 0 bridgehead atoms. The highest BCUT2D eigenvalue weighted by Gasteiger charge is 1.97. The van der Waals surface area contributed by atoms with Crippen LogP contribution in [0.15, 0.2) is 42.5 Å². The number of hydrogen-bond donors (Lipinski definition) is 1. The monoisotopic (exact) mass is 257 g/mol. The first-order chi connectivity index (χ1) is 9.40. The summed E-state index contributed by atoms with van der Waals surface area (Å²) in [6.45, 7) is 2.36. The normalized spacial score (nSPS) is 11.0. The van der Waals surface area contributed by atoms with E-state index in [2.05, 4.69) is 42.5 Å². The molecule has 2 aromatic carbocycles. The first-order valence-electron chi connectivity index (χ1n) is 7.15. The van der Waals surface area contributed by atoms with E-state index in [4.69, 9.17) is 10.5 Å². The van der Waals surface area contributed by atoms with Crippen molar-refractivity contribution in [3.8, 4) is 0 Å². The zero-order valence-electron chi connectivity index (χ0n) is 11.5. The van der Waals surface area contributed by atoms with E-state index in [0.717, 1.165) is 26.0 Å². The first-order valence-corrected chi connectivity index (χ1v) is 7.15. The molecule has 0 unspecified atom stereocenters. The molecule has 0 aromatic heterocycles. The van der Waals surface area contributed by atoms with E-state index in [0.29, 0.717) is 6.61 Å². The van der Waals surface area contributed by atoms with E-state index in [9.17, 15) is 0 Å². The summed E-state index contributed by atoms with van der Waals surface area (Å²) in [5.41, 5.74) is 6.71. The number of benzene rings is 2. The van der Waals surface area contributed by atoms with Crippen LogP contribution in [0.2, 0.25) is 0 Å². The van der Waals surface area contributed by atoms with E-state index in [1.165, 1.54) is 29.2 Å². The molecule has 0 saturated heterocycles. The molecule has 0 amide bonds. The Balaban J connectivity index is 1.72. The molecule has 0 atom stereocenters. The fraction of sp³-hybridized carbons (Fsp3) is 0.412. The number of nitrogens with two attached hydrogens (primary N) is 1. The van der Waals surface area contributed by atoms with Crippen molar-refractivity contribution < 1.29 is 4.74 Å². The second-order valence-corrected chi connectivity index (χ2v) is 4.94. The number of unbranched alkanes of at least 4 members (excludes halogenated alkanes) is 3. The van der Waals surface area contributed by atoms with Crippen LogP contribution in [0.3, 0.4) is 0 Å². The van der Waals surface area contributed by atoms with E-state index < -0.39 is 0 Å². The molecule has 0 spiro atoms. The van der Waals surface area contributed by atoms with Crippen LogP contribution in [0, 0.1) is 0 Å². The lowest BCUT2D eigenvalue weighted by molar-refractivity contribution is 0.117. The van der Waals surface area contributed by atoms with Gasteiger partial charge in [-0.05, 0) is 41.8 Å². The molecule has 0 aliphatic heterocycles. The van der Waals surface area contributed by atoms with E-state index in [1.54, 1.807) is 0 Å². The summed E-state index contributed by atoms with van der Waals surface area (Å²) in [6.07, 6.45) is 4.70. The minimum absolute atomic E-state index is 0.710. The summed E-state index contributed by atoms with van der Waals surface area (Å²) in [7, 11) is 0. The van der Waals surface area contributed by atoms with Gasteiger partial charge in [-0.25, -0.2) is 0 Å². The van der Waals surface area contributed by atoms with Crippen molar-refractivity contribution in [1.82, 2.24) is 0 Å². The smallest absolute Gasteiger partial charge is 0.0717 e. The zero-order chi connectivity index (χ0) is 13.3. The van der Waals surface area contributed by atoms with Crippen molar-refractivity contribution >= 4 is 10.8 Å². The van der Waals surface area contributed by atoms with Crippen molar-refractivity contribution in [2.45, 2.75) is 32.3 Å². The molecular formula is C17H23NO. The Bertz CT molecular complexity index is 495. The average Bonchev–Trinajstić information content (AvgIpc) is 2.46. The van der Waals surface area contributed by atoms with E-state index >= 15 is 0 Å². The third-order valence-corrected chi connectivity index (χ3v) is 3.33. The number of ether oxygens (including phenoxy) is 1. The largest absolute Gasteiger partial charge is 0.377 e. The fourth-order valence-electron chi connectivity index (χ4n) is 2.22. The summed E-state index contributed by atoms with van der Waals surface area (Å²) >= 11 is 0. The van der Waals surface area contributed by atoms with E-state index in [-0.39, 0.29) is 0 Å². The Kier molecular flexibility index (Phi) is 5.86. The van der Waals surface area contributed by atoms with Crippen molar-refractivity contribution in [2.75, 3.05) is 13.2 Å². The Hall–Kier alpha value is -1.38. The maximum absolute atomic E-state index is 5.72. The SMILES string of the molecule is NCCCCCCOCc1ccc2ccccc2c1. The predicted octanol–water partition coefficient (Wildman–Crippen LogP) is 3.88. The Morgan fingerprint density at radius 1 is 0.842 bits per heavy atom. The maximum atomic E-state index is 5.72. The van der Waals surface area contributed by atoms with Crippen LogP contribution in [0.4, 0.5) is 0 Å². The highest BCUT2D eigenvalue weighted by atomic mass is 16.5. The summed E-state index contributed by atoms with van der Waals surface area (Å²) in [5, 5.41) is 2.57. The van der Waals surface area contributed by atoms with Gasteiger partial charge < -0.3 is 10.5 Å². The lowest BCUT2D eigenvalue weighted by atomic mass is 10.1. The maximum Gasteiger partial charge on any atom is 0.0717 e. The molecule has 2 rings (SSSR count).